The number of nitrogens with zero attached hydrogens (tertiary/aromatic N) is 1. The van der Waals surface area contributed by atoms with Crippen molar-refractivity contribution in [1.29, 1.82) is 0 Å². The van der Waals surface area contributed by atoms with Gasteiger partial charge in [-0.3, -0.25) is 9.59 Å². The van der Waals surface area contributed by atoms with E-state index in [1.54, 1.807) is 23.1 Å². The molecule has 3 N–H and O–H groups in total. The molecule has 0 bridgehead atoms. The van der Waals surface area contributed by atoms with Gasteiger partial charge in [0.25, 0.3) is 11.8 Å². The fourth-order valence-electron chi connectivity index (χ4n) is 4.29. The summed E-state index contributed by atoms with van der Waals surface area (Å²) in [6.45, 7) is 2.13. The van der Waals surface area contributed by atoms with Gasteiger partial charge in [-0.2, -0.15) is 0 Å². The van der Waals surface area contributed by atoms with Gasteiger partial charge < -0.3 is 25.1 Å². The minimum absolute atomic E-state index is 0.0712. The number of primary amides is 1. The van der Waals surface area contributed by atoms with Crippen LogP contribution in [-0.2, 0) is 4.74 Å². The zero-order chi connectivity index (χ0) is 23.1. The number of rotatable bonds is 4. The molecule has 2 amide bonds. The van der Waals surface area contributed by atoms with Crippen LogP contribution in [0.2, 0.25) is 0 Å². The average Bonchev–Trinajstić information content (AvgIpc) is 3.21. The van der Waals surface area contributed by atoms with Gasteiger partial charge >= 0.3 is 0 Å². The number of amides is 2. The maximum absolute atomic E-state index is 14.3. The second-order valence-corrected chi connectivity index (χ2v) is 7.95. The molecule has 0 unspecified atom stereocenters. The molecule has 33 heavy (non-hydrogen) atoms. The van der Waals surface area contributed by atoms with Crippen molar-refractivity contribution in [3.05, 3.63) is 65.5 Å². The summed E-state index contributed by atoms with van der Waals surface area (Å²) in [5.74, 6) is -1.05. The molecule has 1 fully saturated rings. The first-order valence-corrected chi connectivity index (χ1v) is 10.6. The smallest absolute Gasteiger partial charge is 0.254 e. The first kappa shape index (κ1) is 21.0. The van der Waals surface area contributed by atoms with Crippen molar-refractivity contribution in [3.8, 4) is 16.9 Å². The summed E-state index contributed by atoms with van der Waals surface area (Å²) in [7, 11) is 1.40. The van der Waals surface area contributed by atoms with Crippen LogP contribution in [0.15, 0.2) is 48.5 Å². The van der Waals surface area contributed by atoms with E-state index in [0.717, 1.165) is 16.3 Å². The summed E-state index contributed by atoms with van der Waals surface area (Å²) in [4.78, 5) is 30.3. The molecule has 1 aromatic heterocycles. The number of nitrogens with one attached hydrogen (secondary N) is 1. The number of hydrogen-bond acceptors (Lipinski definition) is 4. The van der Waals surface area contributed by atoms with Crippen LogP contribution < -0.4 is 10.5 Å². The lowest BCUT2D eigenvalue weighted by Crippen LogP contribution is -2.40. The van der Waals surface area contributed by atoms with E-state index in [0.29, 0.717) is 48.5 Å². The highest BCUT2D eigenvalue weighted by atomic mass is 19.1. The van der Waals surface area contributed by atoms with Crippen LogP contribution in [0.5, 0.6) is 5.75 Å². The molecular formula is C25H22FN3O4. The molecule has 2 heterocycles. The van der Waals surface area contributed by atoms with E-state index in [9.17, 15) is 14.0 Å². The molecule has 7 nitrogen and oxygen atoms in total. The van der Waals surface area contributed by atoms with Gasteiger partial charge in [0.2, 0.25) is 0 Å². The molecule has 0 radical (unpaired) electrons. The highest BCUT2D eigenvalue weighted by molar-refractivity contribution is 6.17. The van der Waals surface area contributed by atoms with E-state index >= 15 is 0 Å². The summed E-state index contributed by atoms with van der Waals surface area (Å²) in [6.07, 6.45) is 0. The third kappa shape index (κ3) is 3.68. The largest absolute Gasteiger partial charge is 0.494 e. The maximum atomic E-state index is 14.3. The highest BCUT2D eigenvalue weighted by Crippen LogP contribution is 2.34. The van der Waals surface area contributed by atoms with Crippen LogP contribution >= 0.6 is 0 Å². The Balaban J connectivity index is 1.67. The lowest BCUT2D eigenvalue weighted by atomic mass is 9.98. The molecule has 0 spiro atoms. The van der Waals surface area contributed by atoms with E-state index in [1.807, 2.05) is 18.2 Å². The van der Waals surface area contributed by atoms with Gasteiger partial charge in [-0.15, -0.1) is 0 Å². The van der Waals surface area contributed by atoms with Gasteiger partial charge in [0, 0.05) is 34.9 Å². The van der Waals surface area contributed by atoms with Crippen molar-refractivity contribution in [2.75, 3.05) is 33.4 Å². The van der Waals surface area contributed by atoms with Gasteiger partial charge in [0.1, 0.15) is 0 Å². The number of morpholine rings is 1. The number of halogens is 1. The van der Waals surface area contributed by atoms with Crippen LogP contribution in [0.3, 0.4) is 0 Å². The minimum Gasteiger partial charge on any atom is -0.494 e. The summed E-state index contributed by atoms with van der Waals surface area (Å²) in [5, 5.41) is 1.51. The van der Waals surface area contributed by atoms with Crippen LogP contribution in [0.25, 0.3) is 32.9 Å². The van der Waals surface area contributed by atoms with Gasteiger partial charge in [0.15, 0.2) is 11.6 Å². The van der Waals surface area contributed by atoms with E-state index < -0.39 is 11.7 Å². The Hall–Kier alpha value is -3.91. The first-order valence-electron chi connectivity index (χ1n) is 10.6. The van der Waals surface area contributed by atoms with Gasteiger partial charge in [0.05, 0.1) is 31.4 Å². The fraction of sp³-hybridized carbons (Fsp3) is 0.200. The molecule has 1 aliphatic heterocycles. The van der Waals surface area contributed by atoms with Crippen LogP contribution in [0.4, 0.5) is 4.39 Å². The van der Waals surface area contributed by atoms with Crippen molar-refractivity contribution in [1.82, 2.24) is 9.88 Å². The Morgan fingerprint density at radius 2 is 1.82 bits per heavy atom. The minimum atomic E-state index is -0.605. The fourth-order valence-corrected chi connectivity index (χ4v) is 4.29. The molecule has 1 saturated heterocycles. The van der Waals surface area contributed by atoms with Crippen molar-refractivity contribution in [2.24, 2.45) is 5.73 Å². The summed E-state index contributed by atoms with van der Waals surface area (Å²) in [6, 6.07) is 13.5. The predicted octanol–water partition coefficient (Wildman–Crippen LogP) is 3.71. The second kappa shape index (κ2) is 8.22. The lowest BCUT2D eigenvalue weighted by Gasteiger charge is -2.26. The number of aromatic nitrogens is 1. The number of carbonyl (C=O) groups excluding carboxylic acids is 2. The Bertz CT molecular complexity index is 1410. The summed E-state index contributed by atoms with van der Waals surface area (Å²) >= 11 is 0. The number of carbonyl (C=O) groups is 2. The van der Waals surface area contributed by atoms with Crippen molar-refractivity contribution in [2.45, 2.75) is 0 Å². The number of nitrogens with two attached hydrogens (primary N) is 1. The summed E-state index contributed by atoms with van der Waals surface area (Å²) < 4.78 is 24.7. The normalized spacial score (nSPS) is 14.1. The molecule has 0 saturated carbocycles. The number of hydrogen-bond donors (Lipinski definition) is 2. The molecule has 0 aliphatic carbocycles. The summed E-state index contributed by atoms with van der Waals surface area (Å²) in [5.41, 5.74) is 9.06. The quantitative estimate of drug-likeness (QED) is 0.498. The van der Waals surface area contributed by atoms with Crippen LogP contribution in [-0.4, -0.2) is 55.1 Å². The van der Waals surface area contributed by atoms with E-state index in [2.05, 4.69) is 4.98 Å². The molecule has 4 aromatic rings. The number of fused-ring (bicyclic) bond motifs is 3. The average molecular weight is 447 g/mol. The van der Waals surface area contributed by atoms with E-state index in [1.165, 1.54) is 19.2 Å². The molecule has 8 heteroatoms. The van der Waals surface area contributed by atoms with Crippen LogP contribution in [0.1, 0.15) is 20.7 Å². The Morgan fingerprint density at radius 3 is 2.52 bits per heavy atom. The predicted molar refractivity (Wildman–Crippen MR) is 123 cm³/mol. The SMILES string of the molecule is COc1ccc(-c2cc(C(N)=O)c3[nH]c4ccc(C(=O)N5CCOCC5)cc4c3c2)cc1F. The topological polar surface area (TPSA) is 97.7 Å². The number of H-pyrrole nitrogens is 1. The standard InChI is InChI=1S/C25H22FN3O4/c1-32-22-5-3-14(13-20(22)26)16-11-18-17-10-15(25(31)29-6-8-33-9-7-29)2-4-21(17)28-23(18)19(12-16)24(27)30/h2-5,10-13,28H,6-9H2,1H3,(H2,27,30). The number of methoxy groups -OCH3 is 1. The zero-order valence-corrected chi connectivity index (χ0v) is 18.0. The molecule has 0 atom stereocenters. The van der Waals surface area contributed by atoms with Gasteiger partial charge in [-0.1, -0.05) is 6.07 Å². The lowest BCUT2D eigenvalue weighted by molar-refractivity contribution is 0.0303. The Labute approximate surface area is 188 Å². The third-order valence-electron chi connectivity index (χ3n) is 6.00. The molecule has 1 aliphatic rings. The van der Waals surface area contributed by atoms with E-state index in [-0.39, 0.29) is 17.2 Å². The molecule has 168 valence electrons. The van der Waals surface area contributed by atoms with Crippen molar-refractivity contribution < 1.29 is 23.5 Å². The molecule has 5 rings (SSSR count). The Kier molecular flexibility index (Phi) is 5.22. The van der Waals surface area contributed by atoms with Gasteiger partial charge in [-0.05, 0) is 53.6 Å². The molecule has 3 aromatic carbocycles. The van der Waals surface area contributed by atoms with Crippen molar-refractivity contribution in [3.63, 3.8) is 0 Å². The third-order valence-corrected chi connectivity index (χ3v) is 6.00. The second-order valence-electron chi connectivity index (χ2n) is 7.95. The Morgan fingerprint density at radius 1 is 1.03 bits per heavy atom. The van der Waals surface area contributed by atoms with Crippen LogP contribution in [0, 0.1) is 5.82 Å². The molecular weight excluding hydrogens is 425 g/mol. The van der Waals surface area contributed by atoms with Crippen molar-refractivity contribution >= 4 is 33.6 Å². The maximum Gasteiger partial charge on any atom is 0.254 e. The number of aromatic amines is 1. The zero-order valence-electron chi connectivity index (χ0n) is 18.0. The first-order chi connectivity index (χ1) is 16.0. The van der Waals surface area contributed by atoms with Gasteiger partial charge in [-0.25, -0.2) is 4.39 Å². The monoisotopic (exact) mass is 447 g/mol. The highest BCUT2D eigenvalue weighted by Gasteiger charge is 2.21. The van der Waals surface area contributed by atoms with E-state index in [4.69, 9.17) is 15.2 Å². The number of benzene rings is 3. The number of ether oxygens (including phenoxy) is 2.